The molecule has 29 heavy (non-hydrogen) atoms. The van der Waals surface area contributed by atoms with Gasteiger partial charge in [0.1, 0.15) is 22.7 Å². The Labute approximate surface area is 164 Å². The number of rotatable bonds is 6. The maximum atomic E-state index is 12.9. The summed E-state index contributed by atoms with van der Waals surface area (Å²) in [4.78, 5) is 36.0. The maximum absolute atomic E-state index is 12.9. The van der Waals surface area contributed by atoms with Gasteiger partial charge in [-0.15, -0.1) is 6.58 Å². The third kappa shape index (κ3) is 5.04. The van der Waals surface area contributed by atoms with E-state index in [1.807, 2.05) is 0 Å². The number of fused-ring (bicyclic) bond motifs is 1. The Hall–Kier alpha value is -4.00. The van der Waals surface area contributed by atoms with Crippen LogP contribution in [0.2, 0.25) is 0 Å². The Bertz CT molecular complexity index is 1160. The maximum Gasteiger partial charge on any atom is 0.349 e. The number of halogens is 1. The van der Waals surface area contributed by atoms with Crippen LogP contribution in [0.25, 0.3) is 17.0 Å². The van der Waals surface area contributed by atoms with Crippen molar-refractivity contribution in [1.82, 2.24) is 5.32 Å². The zero-order chi connectivity index (χ0) is 20.8. The van der Waals surface area contributed by atoms with Gasteiger partial charge in [-0.1, -0.05) is 18.2 Å². The van der Waals surface area contributed by atoms with Crippen LogP contribution in [0.5, 0.6) is 5.75 Å². The van der Waals surface area contributed by atoms with E-state index in [1.54, 1.807) is 6.07 Å². The molecule has 2 aromatic carbocycles. The fraction of sp³-hybridized carbons (Fsp3) is 0.0455. The monoisotopic (exact) mass is 393 g/mol. The zero-order valence-electron chi connectivity index (χ0n) is 15.2. The Kier molecular flexibility index (Phi) is 5.99. The molecule has 0 aliphatic carbocycles. The third-order valence-electron chi connectivity index (χ3n) is 3.86. The van der Waals surface area contributed by atoms with Gasteiger partial charge in [0.05, 0.1) is 0 Å². The van der Waals surface area contributed by atoms with Crippen molar-refractivity contribution in [3.05, 3.63) is 94.6 Å². The lowest BCUT2D eigenvalue weighted by atomic mass is 10.1. The highest BCUT2D eigenvalue weighted by molar-refractivity contribution is 5.97. The van der Waals surface area contributed by atoms with Crippen LogP contribution in [-0.2, 0) is 4.79 Å². The molecule has 0 fully saturated rings. The summed E-state index contributed by atoms with van der Waals surface area (Å²) in [5.41, 5.74) is -0.136. The first-order valence-corrected chi connectivity index (χ1v) is 8.59. The first-order chi connectivity index (χ1) is 14.0. The van der Waals surface area contributed by atoms with Crippen LogP contribution >= 0.6 is 0 Å². The molecule has 3 rings (SSSR count). The van der Waals surface area contributed by atoms with Crippen molar-refractivity contribution in [2.45, 2.75) is 0 Å². The summed E-state index contributed by atoms with van der Waals surface area (Å²) in [5.74, 6) is -1.43. The van der Waals surface area contributed by atoms with Gasteiger partial charge in [0.2, 0.25) is 0 Å². The molecule has 146 valence electrons. The van der Waals surface area contributed by atoms with Crippen molar-refractivity contribution in [3.8, 4) is 5.75 Å². The molecule has 0 atom stereocenters. The molecule has 3 aromatic rings. The molecule has 0 saturated heterocycles. The fourth-order valence-corrected chi connectivity index (χ4v) is 2.46. The number of nitrogens with one attached hydrogen (secondary N) is 1. The minimum atomic E-state index is -0.807. The lowest BCUT2D eigenvalue weighted by molar-refractivity contribution is -0.128. The van der Waals surface area contributed by atoms with Crippen molar-refractivity contribution >= 4 is 28.9 Å². The number of amides is 1. The number of hydrogen-bond donors (Lipinski definition) is 1. The van der Waals surface area contributed by atoms with Crippen molar-refractivity contribution in [3.63, 3.8) is 0 Å². The van der Waals surface area contributed by atoms with Crippen LogP contribution in [0.3, 0.4) is 0 Å². The highest BCUT2D eigenvalue weighted by Gasteiger charge is 2.13. The van der Waals surface area contributed by atoms with Crippen LogP contribution in [0.15, 0.2) is 76.5 Å². The Morgan fingerprint density at radius 1 is 1.14 bits per heavy atom. The molecular weight excluding hydrogens is 377 g/mol. The van der Waals surface area contributed by atoms with Gasteiger partial charge in [-0.2, -0.15) is 0 Å². The van der Waals surface area contributed by atoms with E-state index in [-0.39, 0.29) is 29.3 Å². The lowest BCUT2D eigenvalue weighted by Gasteiger charge is -2.05. The van der Waals surface area contributed by atoms with E-state index in [4.69, 9.17) is 9.15 Å². The molecule has 0 spiro atoms. The van der Waals surface area contributed by atoms with Crippen molar-refractivity contribution in [1.29, 1.82) is 0 Å². The first-order valence-electron chi connectivity index (χ1n) is 8.59. The molecule has 1 heterocycles. The standard InChI is InChI=1S/C22H16FNO5/c1-2-11-24-21(26)18-12-15-6-9-17(13-19(15)29-22(18)27)28-20(25)10-5-14-3-7-16(23)8-4-14/h2-10,12-13H,1,11H2,(H,24,26)/b10-5+. The van der Waals surface area contributed by atoms with E-state index < -0.39 is 17.5 Å². The molecule has 0 unspecified atom stereocenters. The Morgan fingerprint density at radius 2 is 1.90 bits per heavy atom. The Balaban J connectivity index is 1.76. The van der Waals surface area contributed by atoms with E-state index in [9.17, 15) is 18.8 Å². The number of ether oxygens (including phenoxy) is 1. The smallest absolute Gasteiger partial charge is 0.349 e. The molecule has 0 aliphatic rings. The summed E-state index contributed by atoms with van der Waals surface area (Å²) in [6.45, 7) is 3.71. The molecular formula is C22H16FNO5. The number of esters is 1. The van der Waals surface area contributed by atoms with Crippen LogP contribution < -0.4 is 15.7 Å². The second-order valence-electron chi connectivity index (χ2n) is 5.95. The van der Waals surface area contributed by atoms with Gasteiger partial charge in [0.15, 0.2) is 0 Å². The summed E-state index contributed by atoms with van der Waals surface area (Å²) in [6, 6.07) is 11.5. The van der Waals surface area contributed by atoms with E-state index in [2.05, 4.69) is 11.9 Å². The predicted octanol–water partition coefficient (Wildman–Crippen LogP) is 3.47. The SMILES string of the molecule is C=CCNC(=O)c1cc2ccc(OC(=O)/C=C/c3ccc(F)cc3)cc2oc1=O. The molecule has 1 N–H and O–H groups in total. The normalized spacial score (nSPS) is 10.8. The number of benzene rings is 2. The second kappa shape index (κ2) is 8.79. The number of carbonyl (C=O) groups is 2. The van der Waals surface area contributed by atoms with Crippen LogP contribution in [0.4, 0.5) is 4.39 Å². The average molecular weight is 393 g/mol. The Morgan fingerprint density at radius 3 is 2.62 bits per heavy atom. The van der Waals surface area contributed by atoms with Crippen molar-refractivity contribution < 1.29 is 23.1 Å². The molecule has 0 aliphatic heterocycles. The van der Waals surface area contributed by atoms with Crippen LogP contribution in [0, 0.1) is 5.82 Å². The first kappa shape index (κ1) is 19.8. The van der Waals surface area contributed by atoms with Gasteiger partial charge >= 0.3 is 11.6 Å². The van der Waals surface area contributed by atoms with Gasteiger partial charge < -0.3 is 14.5 Å². The summed E-state index contributed by atoms with van der Waals surface area (Å²) < 4.78 is 23.2. The molecule has 7 heteroatoms. The molecule has 0 saturated carbocycles. The van der Waals surface area contributed by atoms with Crippen LogP contribution in [-0.4, -0.2) is 18.4 Å². The summed E-state index contributed by atoms with van der Waals surface area (Å²) in [7, 11) is 0. The molecule has 1 amide bonds. The van der Waals surface area contributed by atoms with Gasteiger partial charge in [-0.25, -0.2) is 14.0 Å². The summed E-state index contributed by atoms with van der Waals surface area (Å²) in [6.07, 6.45) is 4.17. The van der Waals surface area contributed by atoms with Crippen molar-refractivity contribution in [2.75, 3.05) is 6.54 Å². The lowest BCUT2D eigenvalue weighted by Crippen LogP contribution is -2.28. The average Bonchev–Trinajstić information content (AvgIpc) is 2.71. The van der Waals surface area contributed by atoms with E-state index >= 15 is 0 Å². The summed E-state index contributed by atoms with van der Waals surface area (Å²) >= 11 is 0. The molecule has 6 nitrogen and oxygen atoms in total. The van der Waals surface area contributed by atoms with Crippen LogP contribution in [0.1, 0.15) is 15.9 Å². The molecule has 0 radical (unpaired) electrons. The predicted molar refractivity (Wildman–Crippen MR) is 106 cm³/mol. The van der Waals surface area contributed by atoms with Gasteiger partial charge in [0, 0.05) is 24.1 Å². The molecule has 1 aromatic heterocycles. The second-order valence-corrected chi connectivity index (χ2v) is 5.95. The topological polar surface area (TPSA) is 85.6 Å². The van der Waals surface area contributed by atoms with Gasteiger partial charge in [-0.3, -0.25) is 4.79 Å². The highest BCUT2D eigenvalue weighted by atomic mass is 19.1. The van der Waals surface area contributed by atoms with Gasteiger partial charge in [-0.05, 0) is 42.0 Å². The summed E-state index contributed by atoms with van der Waals surface area (Å²) in [5, 5.41) is 3.00. The van der Waals surface area contributed by atoms with E-state index in [1.165, 1.54) is 60.7 Å². The third-order valence-corrected chi connectivity index (χ3v) is 3.86. The number of hydrogen-bond acceptors (Lipinski definition) is 5. The van der Waals surface area contributed by atoms with E-state index in [0.29, 0.717) is 10.9 Å². The fourth-order valence-electron chi connectivity index (χ4n) is 2.46. The van der Waals surface area contributed by atoms with E-state index in [0.717, 1.165) is 0 Å². The molecule has 0 bridgehead atoms. The minimum absolute atomic E-state index is 0.133. The zero-order valence-corrected chi connectivity index (χ0v) is 15.2. The number of carbonyl (C=O) groups excluding carboxylic acids is 2. The van der Waals surface area contributed by atoms with Gasteiger partial charge in [0.25, 0.3) is 5.91 Å². The quantitative estimate of drug-likeness (QED) is 0.228. The largest absolute Gasteiger partial charge is 0.423 e. The highest BCUT2D eigenvalue weighted by Crippen LogP contribution is 2.21. The minimum Gasteiger partial charge on any atom is -0.423 e. The van der Waals surface area contributed by atoms with Crippen molar-refractivity contribution in [2.24, 2.45) is 0 Å².